The highest BCUT2D eigenvalue weighted by atomic mass is 14.8. The highest BCUT2D eigenvalue weighted by molar-refractivity contribution is 5.78. The number of fused-ring (bicyclic) bond motifs is 1. The van der Waals surface area contributed by atoms with E-state index < -0.39 is 0 Å². The van der Waals surface area contributed by atoms with Gasteiger partial charge in [0.1, 0.15) is 0 Å². The number of nitrogens with zero attached hydrogens (tertiary/aromatic N) is 3. The van der Waals surface area contributed by atoms with Crippen LogP contribution >= 0.6 is 0 Å². The van der Waals surface area contributed by atoms with E-state index in [1.807, 2.05) is 30.3 Å². The Morgan fingerprint density at radius 3 is 2.72 bits per heavy atom. The van der Waals surface area contributed by atoms with Crippen LogP contribution in [0.5, 0.6) is 0 Å². The maximum absolute atomic E-state index is 6.16. The van der Waals surface area contributed by atoms with Crippen molar-refractivity contribution >= 4 is 10.9 Å². The van der Waals surface area contributed by atoms with Crippen LogP contribution in [0.15, 0.2) is 55.1 Å². The van der Waals surface area contributed by atoms with Gasteiger partial charge in [-0.05, 0) is 17.7 Å². The van der Waals surface area contributed by atoms with Crippen LogP contribution in [-0.4, -0.2) is 15.0 Å². The molecule has 0 radical (unpaired) electrons. The van der Waals surface area contributed by atoms with Crippen LogP contribution in [0, 0.1) is 0 Å². The lowest BCUT2D eigenvalue weighted by Gasteiger charge is -2.11. The highest BCUT2D eigenvalue weighted by Gasteiger charge is 2.11. The molecule has 3 rings (SSSR count). The van der Waals surface area contributed by atoms with Crippen LogP contribution in [0.25, 0.3) is 10.9 Å². The van der Waals surface area contributed by atoms with Gasteiger partial charge in [-0.1, -0.05) is 18.2 Å². The van der Waals surface area contributed by atoms with Crippen molar-refractivity contribution in [1.29, 1.82) is 0 Å². The SMILES string of the molecule is N[C@@H](c1cnc2ccccc2c1)c1cnccn1. The molecule has 0 bridgehead atoms. The predicted octanol–water partition coefficient (Wildman–Crippen LogP) is 2.07. The minimum atomic E-state index is -0.296. The molecule has 1 aromatic carbocycles. The molecule has 0 aliphatic carbocycles. The average molecular weight is 236 g/mol. The van der Waals surface area contributed by atoms with Gasteiger partial charge < -0.3 is 5.73 Å². The molecule has 18 heavy (non-hydrogen) atoms. The molecular weight excluding hydrogens is 224 g/mol. The van der Waals surface area contributed by atoms with Gasteiger partial charge in [0.25, 0.3) is 0 Å². The molecule has 0 saturated heterocycles. The molecule has 0 fully saturated rings. The van der Waals surface area contributed by atoms with E-state index in [1.54, 1.807) is 24.8 Å². The van der Waals surface area contributed by atoms with Crippen LogP contribution in [-0.2, 0) is 0 Å². The van der Waals surface area contributed by atoms with E-state index in [-0.39, 0.29) is 6.04 Å². The van der Waals surface area contributed by atoms with Crippen LogP contribution < -0.4 is 5.73 Å². The van der Waals surface area contributed by atoms with Crippen molar-refractivity contribution in [3.63, 3.8) is 0 Å². The molecule has 0 spiro atoms. The Labute approximate surface area is 105 Å². The Hall–Kier alpha value is -2.33. The van der Waals surface area contributed by atoms with Gasteiger partial charge in [0.05, 0.1) is 23.4 Å². The first-order chi connectivity index (χ1) is 8.84. The molecule has 0 aliphatic rings. The molecular formula is C14H12N4. The zero-order valence-electron chi connectivity index (χ0n) is 9.69. The molecule has 2 N–H and O–H groups in total. The van der Waals surface area contributed by atoms with Gasteiger partial charge in [0, 0.05) is 24.0 Å². The third-order valence-corrected chi connectivity index (χ3v) is 2.87. The molecule has 0 aliphatic heterocycles. The lowest BCUT2D eigenvalue weighted by atomic mass is 10.0. The van der Waals surface area contributed by atoms with Crippen molar-refractivity contribution in [3.8, 4) is 0 Å². The molecule has 0 amide bonds. The second-order valence-electron chi connectivity index (χ2n) is 4.07. The van der Waals surface area contributed by atoms with Gasteiger partial charge in [-0.25, -0.2) is 0 Å². The summed E-state index contributed by atoms with van der Waals surface area (Å²) in [5, 5.41) is 1.08. The van der Waals surface area contributed by atoms with E-state index in [2.05, 4.69) is 15.0 Å². The van der Waals surface area contributed by atoms with E-state index in [9.17, 15) is 0 Å². The number of hydrogen-bond acceptors (Lipinski definition) is 4. The minimum Gasteiger partial charge on any atom is -0.319 e. The first-order valence-corrected chi connectivity index (χ1v) is 5.71. The van der Waals surface area contributed by atoms with Gasteiger partial charge in [-0.3, -0.25) is 15.0 Å². The summed E-state index contributed by atoms with van der Waals surface area (Å²) in [4.78, 5) is 12.7. The molecule has 3 aromatic rings. The number of para-hydroxylation sites is 1. The lowest BCUT2D eigenvalue weighted by Crippen LogP contribution is -2.13. The number of rotatable bonds is 2. The van der Waals surface area contributed by atoms with E-state index in [0.717, 1.165) is 22.2 Å². The monoisotopic (exact) mass is 236 g/mol. The molecule has 2 heterocycles. The van der Waals surface area contributed by atoms with Crippen molar-refractivity contribution in [3.05, 3.63) is 66.4 Å². The van der Waals surface area contributed by atoms with E-state index in [4.69, 9.17) is 5.73 Å². The van der Waals surface area contributed by atoms with Crippen molar-refractivity contribution in [2.75, 3.05) is 0 Å². The number of hydrogen-bond donors (Lipinski definition) is 1. The van der Waals surface area contributed by atoms with Crippen molar-refractivity contribution in [2.45, 2.75) is 6.04 Å². The maximum atomic E-state index is 6.16. The molecule has 1 atom stereocenters. The quantitative estimate of drug-likeness (QED) is 0.739. The van der Waals surface area contributed by atoms with Crippen molar-refractivity contribution < 1.29 is 0 Å². The Morgan fingerprint density at radius 2 is 1.89 bits per heavy atom. The van der Waals surface area contributed by atoms with E-state index in [1.165, 1.54) is 0 Å². The normalized spacial score (nSPS) is 12.5. The molecule has 0 saturated carbocycles. The minimum absolute atomic E-state index is 0.296. The molecule has 88 valence electrons. The second-order valence-corrected chi connectivity index (χ2v) is 4.07. The summed E-state index contributed by atoms with van der Waals surface area (Å²) in [7, 11) is 0. The highest BCUT2D eigenvalue weighted by Crippen LogP contribution is 2.20. The summed E-state index contributed by atoms with van der Waals surface area (Å²) in [5.74, 6) is 0. The third-order valence-electron chi connectivity index (χ3n) is 2.87. The van der Waals surface area contributed by atoms with Gasteiger partial charge in [0.15, 0.2) is 0 Å². The summed E-state index contributed by atoms with van der Waals surface area (Å²) in [6.07, 6.45) is 6.75. The van der Waals surface area contributed by atoms with Gasteiger partial charge in [-0.2, -0.15) is 0 Å². The summed E-state index contributed by atoms with van der Waals surface area (Å²) in [5.41, 5.74) is 8.81. The van der Waals surface area contributed by atoms with Crippen molar-refractivity contribution in [1.82, 2.24) is 15.0 Å². The summed E-state index contributed by atoms with van der Waals surface area (Å²) >= 11 is 0. The number of nitrogens with two attached hydrogens (primary N) is 1. The second kappa shape index (κ2) is 4.50. The van der Waals surface area contributed by atoms with Crippen LogP contribution in [0.2, 0.25) is 0 Å². The standard InChI is InChI=1S/C14H12N4/c15-14(13-9-16-5-6-17-13)11-7-10-3-1-2-4-12(10)18-8-11/h1-9,14H,15H2/t14-/m0/s1. The van der Waals surface area contributed by atoms with Gasteiger partial charge in [0.2, 0.25) is 0 Å². The Bertz CT molecular complexity index is 667. The zero-order valence-corrected chi connectivity index (χ0v) is 9.69. The first-order valence-electron chi connectivity index (χ1n) is 5.71. The fraction of sp³-hybridized carbons (Fsp3) is 0.0714. The van der Waals surface area contributed by atoms with E-state index in [0.29, 0.717) is 0 Å². The summed E-state index contributed by atoms with van der Waals surface area (Å²) < 4.78 is 0. The third kappa shape index (κ3) is 1.94. The van der Waals surface area contributed by atoms with Crippen LogP contribution in [0.1, 0.15) is 17.3 Å². The number of pyridine rings is 1. The predicted molar refractivity (Wildman–Crippen MR) is 69.8 cm³/mol. The fourth-order valence-electron chi connectivity index (χ4n) is 1.90. The van der Waals surface area contributed by atoms with Crippen LogP contribution in [0.3, 0.4) is 0 Å². The molecule has 0 unspecified atom stereocenters. The smallest absolute Gasteiger partial charge is 0.0799 e. The fourth-order valence-corrected chi connectivity index (χ4v) is 1.90. The van der Waals surface area contributed by atoms with Gasteiger partial charge >= 0.3 is 0 Å². The number of aromatic nitrogens is 3. The Kier molecular flexibility index (Phi) is 2.70. The topological polar surface area (TPSA) is 64.7 Å². The van der Waals surface area contributed by atoms with Crippen molar-refractivity contribution in [2.24, 2.45) is 5.73 Å². The summed E-state index contributed by atoms with van der Waals surface area (Å²) in [6, 6.07) is 9.71. The Morgan fingerprint density at radius 1 is 1.00 bits per heavy atom. The molecule has 4 heteroatoms. The first kappa shape index (κ1) is 10.8. The average Bonchev–Trinajstić information content (AvgIpc) is 2.47. The zero-order chi connectivity index (χ0) is 12.4. The number of benzene rings is 1. The molecule has 4 nitrogen and oxygen atoms in total. The van der Waals surface area contributed by atoms with Gasteiger partial charge in [-0.15, -0.1) is 0 Å². The largest absolute Gasteiger partial charge is 0.319 e. The molecule has 2 aromatic heterocycles. The maximum Gasteiger partial charge on any atom is 0.0799 e. The van der Waals surface area contributed by atoms with E-state index >= 15 is 0 Å². The lowest BCUT2D eigenvalue weighted by molar-refractivity contribution is 0.815. The van der Waals surface area contributed by atoms with Crippen LogP contribution in [0.4, 0.5) is 0 Å². The summed E-state index contributed by atoms with van der Waals surface area (Å²) in [6.45, 7) is 0. The Balaban J connectivity index is 2.04.